The summed E-state index contributed by atoms with van der Waals surface area (Å²) in [6, 6.07) is 14.2. The number of hydrogen-bond acceptors (Lipinski definition) is 3. The second-order valence-corrected chi connectivity index (χ2v) is 7.33. The third-order valence-corrected chi connectivity index (χ3v) is 4.71. The number of aliphatic imine (C=N–C) groups is 2. The molecular weight excluding hydrogens is 469 g/mol. The molecule has 0 saturated heterocycles. The van der Waals surface area contributed by atoms with Crippen LogP contribution >= 0.6 is 11.6 Å². The average molecular weight is 496 g/mol. The molecule has 1 heterocycles. The predicted molar refractivity (Wildman–Crippen MR) is 126 cm³/mol. The first-order valence-electron chi connectivity index (χ1n) is 9.49. The SMILES string of the molecule is CC(=Nc1c(C)cccc1C)c1cccnc1.C[C-]=Nc1c(C)cc(C)cc1Cl.[Cl-].[Fe+2]. The number of nitrogens with zero attached hydrogens (tertiary/aromatic N) is 3. The van der Waals surface area contributed by atoms with E-state index >= 15 is 0 Å². The van der Waals surface area contributed by atoms with Crippen LogP contribution in [0, 0.1) is 27.7 Å². The molecule has 3 aromatic rings. The molecule has 0 aliphatic carbocycles. The molecule has 2 aromatic carbocycles. The van der Waals surface area contributed by atoms with Crippen molar-refractivity contribution in [3.05, 3.63) is 87.7 Å². The normalized spacial score (nSPS) is 10.6. The molecule has 0 aliphatic heterocycles. The Morgan fingerprint density at radius 2 is 1.58 bits per heavy atom. The van der Waals surface area contributed by atoms with E-state index in [-0.39, 0.29) is 29.5 Å². The summed E-state index contributed by atoms with van der Waals surface area (Å²) in [5.74, 6) is 0. The second-order valence-electron chi connectivity index (χ2n) is 6.93. The second kappa shape index (κ2) is 14.2. The summed E-state index contributed by atoms with van der Waals surface area (Å²) in [7, 11) is 0. The summed E-state index contributed by atoms with van der Waals surface area (Å²) in [5.41, 5.74) is 8.60. The van der Waals surface area contributed by atoms with Crippen molar-refractivity contribution < 1.29 is 29.5 Å². The van der Waals surface area contributed by atoms with Gasteiger partial charge in [-0.25, -0.2) is 0 Å². The Labute approximate surface area is 208 Å². The third kappa shape index (κ3) is 8.59. The van der Waals surface area contributed by atoms with Crippen LogP contribution in [-0.2, 0) is 17.1 Å². The predicted octanol–water partition coefficient (Wildman–Crippen LogP) is 4.40. The van der Waals surface area contributed by atoms with E-state index < -0.39 is 0 Å². The van der Waals surface area contributed by atoms with Gasteiger partial charge < -0.3 is 17.4 Å². The molecule has 0 spiro atoms. The number of hydrogen-bond donors (Lipinski definition) is 0. The Kier molecular flexibility index (Phi) is 13.3. The minimum Gasteiger partial charge on any atom is -1.00 e. The summed E-state index contributed by atoms with van der Waals surface area (Å²) in [5, 5.41) is 0.696. The minimum atomic E-state index is 0. The van der Waals surface area contributed by atoms with E-state index in [9.17, 15) is 0 Å². The van der Waals surface area contributed by atoms with Crippen molar-refractivity contribution in [3.63, 3.8) is 0 Å². The van der Waals surface area contributed by atoms with Crippen LogP contribution in [0.1, 0.15) is 41.7 Å². The van der Waals surface area contributed by atoms with E-state index in [4.69, 9.17) is 16.6 Å². The van der Waals surface area contributed by atoms with Gasteiger partial charge in [-0.2, -0.15) is 6.21 Å². The maximum absolute atomic E-state index is 5.98. The number of halogens is 2. The molecule has 0 amide bonds. The van der Waals surface area contributed by atoms with Gasteiger partial charge in [-0.15, -0.1) is 24.1 Å². The summed E-state index contributed by atoms with van der Waals surface area (Å²) in [6.45, 7) is 12.0. The quantitative estimate of drug-likeness (QED) is 0.301. The Balaban J connectivity index is 0.000000575. The number of aryl methyl sites for hydroxylation is 4. The summed E-state index contributed by atoms with van der Waals surface area (Å²) in [6.07, 6.45) is 6.34. The van der Waals surface area contributed by atoms with Crippen LogP contribution in [-0.4, -0.2) is 16.9 Å². The van der Waals surface area contributed by atoms with E-state index in [0.29, 0.717) is 5.02 Å². The first-order chi connectivity index (χ1) is 13.8. The molecule has 0 saturated carbocycles. The van der Waals surface area contributed by atoms with Gasteiger partial charge in [0.2, 0.25) is 0 Å². The van der Waals surface area contributed by atoms with E-state index in [0.717, 1.165) is 33.8 Å². The van der Waals surface area contributed by atoms with E-state index in [2.05, 4.69) is 54.3 Å². The number of para-hydroxylation sites is 1. The van der Waals surface area contributed by atoms with Gasteiger partial charge in [0.15, 0.2) is 0 Å². The molecule has 0 N–H and O–H groups in total. The maximum atomic E-state index is 5.98. The van der Waals surface area contributed by atoms with Gasteiger partial charge in [-0.05, 0) is 49.9 Å². The molecule has 3 nitrogen and oxygen atoms in total. The van der Waals surface area contributed by atoms with E-state index in [1.54, 1.807) is 13.1 Å². The van der Waals surface area contributed by atoms with Gasteiger partial charge in [0.1, 0.15) is 0 Å². The van der Waals surface area contributed by atoms with Gasteiger partial charge >= 0.3 is 17.1 Å². The molecule has 0 atom stereocenters. The van der Waals surface area contributed by atoms with Crippen LogP contribution < -0.4 is 12.4 Å². The standard InChI is InChI=1S/C15H16N2.C10H11ClN.ClH.Fe/c1-11-6-4-7-12(2)15(11)17-13(3)14-8-5-9-16-10-14;1-4-12-10-8(3)5-7(2)6-9(10)11;;/h4-10H,1-3H3;5-6H,1-3H3;1H;/q;-1;;+2/p-1. The number of benzene rings is 2. The van der Waals surface area contributed by atoms with Crippen molar-refractivity contribution in [1.82, 2.24) is 4.98 Å². The van der Waals surface area contributed by atoms with Crippen LogP contribution in [0.15, 0.2) is 64.8 Å². The zero-order chi connectivity index (χ0) is 21.4. The summed E-state index contributed by atoms with van der Waals surface area (Å²) >= 11 is 5.98. The van der Waals surface area contributed by atoms with Crippen LogP contribution in [0.5, 0.6) is 0 Å². The summed E-state index contributed by atoms with van der Waals surface area (Å²) in [4.78, 5) is 12.9. The maximum Gasteiger partial charge on any atom is 2.00 e. The van der Waals surface area contributed by atoms with Crippen LogP contribution in [0.2, 0.25) is 5.02 Å². The van der Waals surface area contributed by atoms with Crippen molar-refractivity contribution in [3.8, 4) is 0 Å². The fourth-order valence-electron chi connectivity index (χ4n) is 2.95. The Hall–Kier alpha value is -1.97. The molecule has 0 unspecified atom stereocenters. The molecule has 1 aromatic heterocycles. The van der Waals surface area contributed by atoms with Crippen molar-refractivity contribution in [1.29, 1.82) is 0 Å². The molecule has 31 heavy (non-hydrogen) atoms. The largest absolute Gasteiger partial charge is 2.00 e. The smallest absolute Gasteiger partial charge is 1.00 e. The molecule has 0 aliphatic rings. The molecular formula is C25H27Cl2FeN3. The van der Waals surface area contributed by atoms with Crippen LogP contribution in [0.3, 0.4) is 0 Å². The zero-order valence-electron chi connectivity index (χ0n) is 18.6. The van der Waals surface area contributed by atoms with Gasteiger partial charge in [0, 0.05) is 23.7 Å². The first kappa shape index (κ1) is 29.0. The van der Waals surface area contributed by atoms with Crippen LogP contribution in [0.4, 0.5) is 11.4 Å². The van der Waals surface area contributed by atoms with Gasteiger partial charge in [-0.3, -0.25) is 9.98 Å². The van der Waals surface area contributed by atoms with E-state index in [1.807, 2.05) is 45.2 Å². The third-order valence-electron chi connectivity index (χ3n) is 4.42. The van der Waals surface area contributed by atoms with Crippen molar-refractivity contribution >= 4 is 34.9 Å². The first-order valence-corrected chi connectivity index (χ1v) is 9.87. The van der Waals surface area contributed by atoms with E-state index in [1.165, 1.54) is 11.1 Å². The Morgan fingerprint density at radius 1 is 0.935 bits per heavy atom. The zero-order valence-corrected chi connectivity index (χ0v) is 21.3. The molecule has 0 bridgehead atoms. The summed E-state index contributed by atoms with van der Waals surface area (Å²) < 4.78 is 0. The molecule has 6 heteroatoms. The van der Waals surface area contributed by atoms with Gasteiger partial charge in [0.25, 0.3) is 0 Å². The average Bonchev–Trinajstić information content (AvgIpc) is 2.69. The molecule has 164 valence electrons. The number of rotatable bonds is 3. The fraction of sp³-hybridized carbons (Fsp3) is 0.240. The Bertz CT molecular complexity index is 989. The molecule has 0 fully saturated rings. The topological polar surface area (TPSA) is 37.6 Å². The minimum absolute atomic E-state index is 0. The van der Waals surface area contributed by atoms with Crippen molar-refractivity contribution in [2.45, 2.75) is 41.5 Å². The van der Waals surface area contributed by atoms with Crippen LogP contribution in [0.25, 0.3) is 0 Å². The van der Waals surface area contributed by atoms with Gasteiger partial charge in [0.05, 0.1) is 5.69 Å². The van der Waals surface area contributed by atoms with Crippen molar-refractivity contribution in [2.75, 3.05) is 0 Å². The molecule has 3 rings (SSSR count). The molecule has 0 radical (unpaired) electrons. The Morgan fingerprint density at radius 3 is 2.10 bits per heavy atom. The number of pyridine rings is 1. The monoisotopic (exact) mass is 495 g/mol. The fourth-order valence-corrected chi connectivity index (χ4v) is 3.32. The van der Waals surface area contributed by atoms with Crippen molar-refractivity contribution in [2.24, 2.45) is 9.98 Å². The van der Waals surface area contributed by atoms with Gasteiger partial charge in [-0.1, -0.05) is 54.6 Å². The number of aromatic nitrogens is 1.